The van der Waals surface area contributed by atoms with Crippen LogP contribution < -0.4 is 0 Å². The van der Waals surface area contributed by atoms with Gasteiger partial charge in [0.25, 0.3) is 0 Å². The Bertz CT molecular complexity index is 427. The molecule has 1 heterocycles. The number of carboxylic acid groups (broad SMARTS) is 1. The van der Waals surface area contributed by atoms with Crippen LogP contribution in [-0.4, -0.2) is 45.3 Å². The fourth-order valence-electron chi connectivity index (χ4n) is 2.82. The van der Waals surface area contributed by atoms with Crippen LogP contribution in [0.2, 0.25) is 45.8 Å². The monoisotopic (exact) mass is 380 g/mol. The molecular formula is C12H28O6Si4. The SMILES string of the molecule is C[Si]1(C)O[Si](C)(C)O[Si](C)(/C=C/CCC(=O)O)O[Si](C)(C)O1. The van der Waals surface area contributed by atoms with E-state index in [-0.39, 0.29) is 6.42 Å². The summed E-state index contributed by atoms with van der Waals surface area (Å²) < 4.78 is 25.1. The van der Waals surface area contributed by atoms with E-state index in [1.807, 2.05) is 57.6 Å². The fraction of sp³-hybridized carbons (Fsp3) is 0.750. The first-order valence-corrected chi connectivity index (χ1v) is 18.3. The number of carboxylic acids is 1. The third-order valence-corrected chi connectivity index (χ3v) is 18.7. The normalized spacial score (nSPS) is 26.3. The van der Waals surface area contributed by atoms with Crippen LogP contribution in [-0.2, 0) is 21.3 Å². The second-order valence-electron chi connectivity index (χ2n) is 6.96. The van der Waals surface area contributed by atoms with Gasteiger partial charge in [0.2, 0.25) is 0 Å². The first-order chi connectivity index (χ1) is 9.74. The van der Waals surface area contributed by atoms with Crippen LogP contribution in [0.3, 0.4) is 0 Å². The van der Waals surface area contributed by atoms with E-state index >= 15 is 0 Å². The standard InChI is InChI=1S/C12H28O6Si4/c1-19(2)15-20(3,4)17-22(7,18-21(5,6)16-19)11-9-8-10-12(13)14/h9,11H,8,10H2,1-7H3,(H,13,14)/b11-9+. The van der Waals surface area contributed by atoms with E-state index in [9.17, 15) is 4.79 Å². The molecule has 0 unspecified atom stereocenters. The van der Waals surface area contributed by atoms with Gasteiger partial charge in [0.05, 0.1) is 0 Å². The third-order valence-electron chi connectivity index (χ3n) is 2.83. The van der Waals surface area contributed by atoms with Gasteiger partial charge >= 0.3 is 40.2 Å². The summed E-state index contributed by atoms with van der Waals surface area (Å²) in [5.41, 5.74) is 1.92. The largest absolute Gasteiger partial charge is 0.481 e. The van der Waals surface area contributed by atoms with E-state index in [0.717, 1.165) is 0 Å². The zero-order valence-electron chi connectivity index (χ0n) is 14.6. The topological polar surface area (TPSA) is 74.2 Å². The number of aliphatic carboxylic acids is 1. The van der Waals surface area contributed by atoms with Gasteiger partial charge in [0.1, 0.15) is 0 Å². The molecule has 1 aliphatic rings. The van der Waals surface area contributed by atoms with E-state index in [1.54, 1.807) is 0 Å². The number of hydrogen-bond acceptors (Lipinski definition) is 5. The zero-order chi connectivity index (χ0) is 17.2. The van der Waals surface area contributed by atoms with Gasteiger partial charge < -0.3 is 21.6 Å². The first kappa shape index (κ1) is 20.0. The van der Waals surface area contributed by atoms with E-state index in [2.05, 4.69) is 0 Å². The molecule has 0 bridgehead atoms. The molecule has 0 amide bonds. The van der Waals surface area contributed by atoms with Crippen LogP contribution in [0, 0.1) is 0 Å². The Morgan fingerprint density at radius 1 is 0.864 bits per heavy atom. The second-order valence-corrected chi connectivity index (χ2v) is 21.0. The molecule has 1 rings (SSSR count). The predicted molar refractivity (Wildman–Crippen MR) is 94.4 cm³/mol. The summed E-state index contributed by atoms with van der Waals surface area (Å²) in [4.78, 5) is 10.6. The Kier molecular flexibility index (Phi) is 6.18. The van der Waals surface area contributed by atoms with E-state index in [1.165, 1.54) is 0 Å². The molecule has 6 nitrogen and oxygen atoms in total. The smallest absolute Gasteiger partial charge is 0.343 e. The Hall–Kier alpha value is -0.0825. The van der Waals surface area contributed by atoms with E-state index in [0.29, 0.717) is 6.42 Å². The molecule has 128 valence electrons. The number of carbonyl (C=O) groups is 1. The average Bonchev–Trinajstić information content (AvgIpc) is 2.16. The van der Waals surface area contributed by atoms with Crippen LogP contribution in [0.25, 0.3) is 0 Å². The first-order valence-electron chi connectivity index (χ1n) is 7.44. The molecule has 10 heteroatoms. The van der Waals surface area contributed by atoms with Gasteiger partial charge in [0, 0.05) is 6.42 Å². The van der Waals surface area contributed by atoms with Crippen molar-refractivity contribution in [1.82, 2.24) is 0 Å². The Labute approximate surface area is 137 Å². The molecule has 1 N–H and O–H groups in total. The van der Waals surface area contributed by atoms with Gasteiger partial charge in [-0.3, -0.25) is 4.79 Å². The number of rotatable bonds is 4. The van der Waals surface area contributed by atoms with Crippen molar-refractivity contribution in [2.45, 2.75) is 58.7 Å². The Balaban J connectivity index is 2.94. The molecular weight excluding hydrogens is 352 g/mol. The summed E-state index contributed by atoms with van der Waals surface area (Å²) in [5, 5.41) is 8.71. The molecule has 0 aliphatic carbocycles. The lowest BCUT2D eigenvalue weighted by Gasteiger charge is -2.46. The van der Waals surface area contributed by atoms with Crippen molar-refractivity contribution in [3.8, 4) is 0 Å². The van der Waals surface area contributed by atoms with Gasteiger partial charge in [-0.05, 0) is 57.9 Å². The van der Waals surface area contributed by atoms with Gasteiger partial charge in [-0.15, -0.1) is 0 Å². The Morgan fingerprint density at radius 2 is 1.27 bits per heavy atom. The maximum atomic E-state index is 10.6. The summed E-state index contributed by atoms with van der Waals surface area (Å²) in [6.07, 6.45) is 2.42. The lowest BCUT2D eigenvalue weighted by molar-refractivity contribution is -0.136. The van der Waals surface area contributed by atoms with Gasteiger partial charge in [-0.25, -0.2) is 0 Å². The molecule has 0 aromatic rings. The molecule has 0 spiro atoms. The van der Waals surface area contributed by atoms with Crippen LogP contribution in [0.1, 0.15) is 12.8 Å². The lowest BCUT2D eigenvalue weighted by Crippen LogP contribution is -2.64. The minimum Gasteiger partial charge on any atom is -0.481 e. The van der Waals surface area contributed by atoms with Crippen molar-refractivity contribution < 1.29 is 26.4 Å². The number of hydrogen-bond donors (Lipinski definition) is 1. The molecule has 1 saturated heterocycles. The summed E-state index contributed by atoms with van der Waals surface area (Å²) in [6.45, 7) is 14.0. The molecule has 22 heavy (non-hydrogen) atoms. The predicted octanol–water partition coefficient (Wildman–Crippen LogP) is 3.20. The maximum absolute atomic E-state index is 10.6. The summed E-state index contributed by atoms with van der Waals surface area (Å²) in [6, 6.07) is 0. The van der Waals surface area contributed by atoms with Crippen LogP contribution >= 0.6 is 0 Å². The fourth-order valence-corrected chi connectivity index (χ4v) is 23.4. The second kappa shape index (κ2) is 6.81. The highest BCUT2D eigenvalue weighted by Gasteiger charge is 2.51. The van der Waals surface area contributed by atoms with Crippen molar-refractivity contribution in [2.24, 2.45) is 0 Å². The minimum atomic E-state index is -2.60. The molecule has 0 atom stereocenters. The maximum Gasteiger partial charge on any atom is 0.343 e. The van der Waals surface area contributed by atoms with Gasteiger partial charge in [-0.2, -0.15) is 0 Å². The number of allylic oxidation sites excluding steroid dienone is 1. The molecule has 0 radical (unpaired) electrons. The van der Waals surface area contributed by atoms with Gasteiger partial charge in [-0.1, -0.05) is 6.08 Å². The summed E-state index contributed by atoms with van der Waals surface area (Å²) in [5.74, 6) is -0.806. The summed E-state index contributed by atoms with van der Waals surface area (Å²) in [7, 11) is -9.59. The van der Waals surface area contributed by atoms with Crippen molar-refractivity contribution in [3.63, 3.8) is 0 Å². The van der Waals surface area contributed by atoms with Gasteiger partial charge in [0.15, 0.2) is 0 Å². The van der Waals surface area contributed by atoms with Crippen molar-refractivity contribution in [1.29, 1.82) is 0 Å². The Morgan fingerprint density at radius 3 is 1.68 bits per heavy atom. The zero-order valence-corrected chi connectivity index (χ0v) is 18.6. The summed E-state index contributed by atoms with van der Waals surface area (Å²) >= 11 is 0. The molecule has 0 saturated carbocycles. The van der Waals surface area contributed by atoms with Crippen molar-refractivity contribution in [3.05, 3.63) is 11.8 Å². The van der Waals surface area contributed by atoms with Crippen molar-refractivity contribution in [2.75, 3.05) is 0 Å². The third kappa shape index (κ3) is 7.00. The molecule has 1 fully saturated rings. The highest BCUT2D eigenvalue weighted by molar-refractivity contribution is 6.94. The highest BCUT2D eigenvalue weighted by atomic mass is 28.5. The quantitative estimate of drug-likeness (QED) is 0.755. The highest BCUT2D eigenvalue weighted by Crippen LogP contribution is 2.31. The van der Waals surface area contributed by atoms with E-state index in [4.69, 9.17) is 21.6 Å². The average molecular weight is 381 g/mol. The molecule has 0 aromatic carbocycles. The molecule has 0 aromatic heterocycles. The minimum absolute atomic E-state index is 0.107. The van der Waals surface area contributed by atoms with Crippen LogP contribution in [0.4, 0.5) is 0 Å². The van der Waals surface area contributed by atoms with Crippen molar-refractivity contribution >= 4 is 40.2 Å². The van der Waals surface area contributed by atoms with Crippen LogP contribution in [0.15, 0.2) is 11.8 Å². The van der Waals surface area contributed by atoms with E-state index < -0.39 is 40.2 Å². The lowest BCUT2D eigenvalue weighted by atomic mass is 10.3. The van der Waals surface area contributed by atoms with Crippen LogP contribution in [0.5, 0.6) is 0 Å². The molecule has 1 aliphatic heterocycles.